The van der Waals surface area contributed by atoms with Crippen molar-refractivity contribution in [2.24, 2.45) is 0 Å². The van der Waals surface area contributed by atoms with Crippen molar-refractivity contribution in [2.45, 2.75) is 72.6 Å². The van der Waals surface area contributed by atoms with Gasteiger partial charge < -0.3 is 0 Å². The molecule has 1 rings (SSSR count). The summed E-state index contributed by atoms with van der Waals surface area (Å²) in [6.07, 6.45) is 7.82. The van der Waals surface area contributed by atoms with Gasteiger partial charge in [0, 0.05) is 0 Å². The van der Waals surface area contributed by atoms with Crippen molar-refractivity contribution < 1.29 is 9.47 Å². The average Bonchev–Trinajstić information content (AvgIpc) is 2.60. The molecule has 1 aromatic rings. The van der Waals surface area contributed by atoms with Crippen LogP contribution in [0.15, 0.2) is 12.1 Å². The first kappa shape index (κ1) is 22.5. The summed E-state index contributed by atoms with van der Waals surface area (Å²) in [6, 6.07) is 4.18. The van der Waals surface area contributed by atoms with Crippen LogP contribution in [0.4, 0.5) is 0 Å². The fourth-order valence-corrected chi connectivity index (χ4v) is 20.3. The second-order valence-corrected chi connectivity index (χ2v) is 20.7. The minimum atomic E-state index is -2.57. The Balaban J connectivity index is 3.28. The number of rotatable bonds is 13. The van der Waals surface area contributed by atoms with E-state index in [0.29, 0.717) is 6.79 Å². The first-order valence-electron chi connectivity index (χ1n) is 9.42. The van der Waals surface area contributed by atoms with E-state index in [9.17, 15) is 0 Å². The molecule has 5 heteroatoms. The van der Waals surface area contributed by atoms with Gasteiger partial charge in [0.1, 0.15) is 0 Å². The molecular weight excluding hydrogens is 520 g/mol. The van der Waals surface area contributed by atoms with Crippen molar-refractivity contribution in [1.82, 2.24) is 4.98 Å². The van der Waals surface area contributed by atoms with Gasteiger partial charge in [-0.1, -0.05) is 0 Å². The quantitative estimate of drug-likeness (QED) is 0.135. The van der Waals surface area contributed by atoms with Gasteiger partial charge in [0.25, 0.3) is 0 Å². The summed E-state index contributed by atoms with van der Waals surface area (Å²) in [5.74, 6) is 0.997. The van der Waals surface area contributed by atoms with Gasteiger partial charge in [0.15, 0.2) is 0 Å². The average molecular weight is 554 g/mol. The van der Waals surface area contributed by atoms with Crippen molar-refractivity contribution in [3.05, 3.63) is 15.8 Å². The number of halogens is 1. The van der Waals surface area contributed by atoms with E-state index in [2.05, 4.69) is 55.5 Å². The van der Waals surface area contributed by atoms with E-state index in [4.69, 9.17) is 14.5 Å². The summed E-state index contributed by atoms with van der Waals surface area (Å²) in [5, 5.41) is 0. The van der Waals surface area contributed by atoms with Crippen LogP contribution in [0.5, 0.6) is 5.75 Å². The van der Waals surface area contributed by atoms with Gasteiger partial charge in [0.05, 0.1) is 0 Å². The predicted molar refractivity (Wildman–Crippen MR) is 114 cm³/mol. The molecule has 138 valence electrons. The molecule has 0 aliphatic rings. The number of pyridine rings is 1. The van der Waals surface area contributed by atoms with Crippen LogP contribution in [0.2, 0.25) is 13.3 Å². The molecule has 0 saturated carbocycles. The van der Waals surface area contributed by atoms with Crippen LogP contribution < -0.4 is 8.45 Å². The van der Waals surface area contributed by atoms with Crippen molar-refractivity contribution >= 4 is 44.7 Å². The normalized spacial score (nSPS) is 11.7. The Bertz CT molecular complexity index is 449. The van der Waals surface area contributed by atoms with Gasteiger partial charge in [-0.15, -0.1) is 0 Å². The van der Waals surface area contributed by atoms with E-state index < -0.39 is 18.4 Å². The predicted octanol–water partition coefficient (Wildman–Crippen LogP) is 5.73. The Morgan fingerprint density at radius 2 is 1.50 bits per heavy atom. The Hall–Kier alpha value is 0.439. The number of aromatic nitrogens is 1. The SMILES string of the molecule is CCC[CH2][Sn]([CH2]CCC)([CH2]CCC)[c]1nc(I)ccc1OCOC. The Morgan fingerprint density at radius 3 is 1.96 bits per heavy atom. The Morgan fingerprint density at radius 1 is 0.958 bits per heavy atom. The van der Waals surface area contributed by atoms with Crippen LogP contribution in [0.25, 0.3) is 0 Å². The zero-order valence-corrected chi connectivity index (χ0v) is 20.9. The molecule has 0 aromatic carbocycles. The summed E-state index contributed by atoms with van der Waals surface area (Å²) in [7, 11) is 1.68. The fraction of sp³-hybridized carbons (Fsp3) is 0.737. The summed E-state index contributed by atoms with van der Waals surface area (Å²) >= 11 is -0.224. The molecule has 0 fully saturated rings. The third-order valence-electron chi connectivity index (χ3n) is 4.69. The topological polar surface area (TPSA) is 31.4 Å². The Kier molecular flexibility index (Phi) is 11.9. The zero-order valence-electron chi connectivity index (χ0n) is 15.9. The summed E-state index contributed by atoms with van der Waals surface area (Å²) in [5.41, 5.74) is 0. The number of unbranched alkanes of at least 4 members (excludes halogenated alkanes) is 3. The number of methoxy groups -OCH3 is 1. The molecule has 0 aliphatic heterocycles. The maximum atomic E-state index is 5.95. The number of ether oxygens (including phenoxy) is 2. The van der Waals surface area contributed by atoms with Crippen LogP contribution in [-0.2, 0) is 4.74 Å². The van der Waals surface area contributed by atoms with Crippen LogP contribution in [0, 0.1) is 3.70 Å². The number of hydrogen-bond donors (Lipinski definition) is 0. The van der Waals surface area contributed by atoms with Gasteiger partial charge in [-0.05, 0) is 0 Å². The molecule has 0 N–H and O–H groups in total. The summed E-state index contributed by atoms with van der Waals surface area (Å²) < 4.78 is 17.8. The van der Waals surface area contributed by atoms with Gasteiger partial charge in [0.2, 0.25) is 0 Å². The second-order valence-electron chi connectivity index (χ2n) is 6.62. The molecule has 0 saturated heterocycles. The molecule has 0 spiro atoms. The molecule has 0 unspecified atom stereocenters. The van der Waals surface area contributed by atoms with E-state index in [1.807, 2.05) is 0 Å². The summed E-state index contributed by atoms with van der Waals surface area (Å²) in [6.45, 7) is 7.23. The number of nitrogens with zero attached hydrogens (tertiary/aromatic N) is 1. The van der Waals surface area contributed by atoms with Gasteiger partial charge in [-0.25, -0.2) is 0 Å². The molecule has 3 nitrogen and oxygen atoms in total. The first-order chi connectivity index (χ1) is 11.6. The molecule has 0 aliphatic carbocycles. The monoisotopic (exact) mass is 555 g/mol. The minimum absolute atomic E-state index is 0.312. The van der Waals surface area contributed by atoms with Crippen LogP contribution >= 0.6 is 22.6 Å². The zero-order chi connectivity index (χ0) is 17.8. The van der Waals surface area contributed by atoms with Crippen LogP contribution in [-0.4, -0.2) is 37.3 Å². The maximum absolute atomic E-state index is 5.95. The van der Waals surface area contributed by atoms with Gasteiger partial charge in [-0.3, -0.25) is 0 Å². The standard InChI is InChI=1S/C7H7INO2.3C4H9.Sn/c1-10-5-11-6-2-3-7(8)9-4-6;3*1-3-4-2;/h2-3H,5H2,1H3;3*1,3-4H2,2H3;. The third-order valence-corrected chi connectivity index (χ3v) is 20.4. The van der Waals surface area contributed by atoms with E-state index in [1.54, 1.807) is 7.11 Å². The molecule has 1 aromatic heterocycles. The number of hydrogen-bond acceptors (Lipinski definition) is 3. The molecule has 0 atom stereocenters. The van der Waals surface area contributed by atoms with E-state index in [-0.39, 0.29) is 0 Å². The van der Waals surface area contributed by atoms with Crippen molar-refractivity contribution in [2.75, 3.05) is 13.9 Å². The molecule has 0 amide bonds. The van der Waals surface area contributed by atoms with Gasteiger partial charge in [-0.2, -0.15) is 0 Å². The fourth-order valence-electron chi connectivity index (χ4n) is 3.32. The van der Waals surface area contributed by atoms with Crippen molar-refractivity contribution in [3.63, 3.8) is 0 Å². The van der Waals surface area contributed by atoms with Crippen molar-refractivity contribution in [3.8, 4) is 5.75 Å². The van der Waals surface area contributed by atoms with E-state index >= 15 is 0 Å². The second kappa shape index (κ2) is 12.7. The first-order valence-corrected chi connectivity index (χ1v) is 18.0. The van der Waals surface area contributed by atoms with E-state index in [0.717, 1.165) is 9.45 Å². The molecule has 0 radical (unpaired) electrons. The Labute approximate surface area is 166 Å². The molecule has 24 heavy (non-hydrogen) atoms. The van der Waals surface area contributed by atoms with Crippen LogP contribution in [0.3, 0.4) is 0 Å². The molecule has 0 bridgehead atoms. The van der Waals surface area contributed by atoms with E-state index in [1.165, 1.54) is 55.5 Å². The third kappa shape index (κ3) is 6.98. The van der Waals surface area contributed by atoms with Gasteiger partial charge >= 0.3 is 167 Å². The molecular formula is C19H34INO2Sn. The molecule has 1 heterocycles. The summed E-state index contributed by atoms with van der Waals surface area (Å²) in [4.78, 5) is 5.06. The van der Waals surface area contributed by atoms with Crippen LogP contribution in [0.1, 0.15) is 59.3 Å². The van der Waals surface area contributed by atoms with Crippen molar-refractivity contribution in [1.29, 1.82) is 0 Å².